The second-order valence-corrected chi connectivity index (χ2v) is 5.96. The number of pyridine rings is 1. The van der Waals surface area contributed by atoms with Gasteiger partial charge >= 0.3 is 0 Å². The minimum atomic E-state index is 0.108. The summed E-state index contributed by atoms with van der Waals surface area (Å²) in [7, 11) is 0. The van der Waals surface area contributed by atoms with Crippen molar-refractivity contribution in [1.29, 1.82) is 0 Å². The molecule has 0 bridgehead atoms. The lowest BCUT2D eigenvalue weighted by Gasteiger charge is -2.15. The Morgan fingerprint density at radius 2 is 2.00 bits per heavy atom. The van der Waals surface area contributed by atoms with Gasteiger partial charge in [-0.15, -0.1) is 0 Å². The van der Waals surface area contributed by atoms with E-state index in [4.69, 9.17) is 4.98 Å². The van der Waals surface area contributed by atoms with Gasteiger partial charge in [-0.1, -0.05) is 20.8 Å². The molecule has 0 amide bonds. The van der Waals surface area contributed by atoms with Crippen molar-refractivity contribution in [3.63, 3.8) is 0 Å². The lowest BCUT2D eigenvalue weighted by Crippen LogP contribution is -2.13. The Kier molecular flexibility index (Phi) is 2.53. The van der Waals surface area contributed by atoms with Crippen LogP contribution in [0.25, 0.3) is 5.65 Å². The zero-order valence-corrected chi connectivity index (χ0v) is 11.7. The van der Waals surface area contributed by atoms with Crippen molar-refractivity contribution in [3.8, 4) is 0 Å². The van der Waals surface area contributed by atoms with E-state index >= 15 is 0 Å². The molecule has 15 heavy (non-hydrogen) atoms. The second-order valence-electron chi connectivity index (χ2n) is 4.93. The molecule has 0 aliphatic carbocycles. The maximum Gasteiger partial charge on any atom is 0.138 e. The van der Waals surface area contributed by atoms with Crippen LogP contribution in [0.3, 0.4) is 0 Å². The number of aryl methyl sites for hydroxylation is 1. The number of hydrogen-bond donors (Lipinski definition) is 0. The molecule has 2 heterocycles. The van der Waals surface area contributed by atoms with Crippen LogP contribution in [-0.2, 0) is 5.41 Å². The van der Waals surface area contributed by atoms with E-state index in [0.717, 1.165) is 5.65 Å². The third-order valence-electron chi connectivity index (χ3n) is 2.43. The minimum Gasteiger partial charge on any atom is -0.295 e. The fourth-order valence-electron chi connectivity index (χ4n) is 1.59. The number of aromatic nitrogens is 2. The molecule has 0 atom stereocenters. The van der Waals surface area contributed by atoms with E-state index in [1.165, 1.54) is 15.0 Å². The number of nitrogens with zero attached hydrogens (tertiary/aromatic N) is 2. The number of imidazole rings is 1. The molecule has 2 rings (SSSR count). The van der Waals surface area contributed by atoms with Crippen molar-refractivity contribution < 1.29 is 0 Å². The van der Waals surface area contributed by atoms with Gasteiger partial charge in [-0.3, -0.25) is 4.40 Å². The van der Waals surface area contributed by atoms with Crippen LogP contribution in [-0.4, -0.2) is 9.38 Å². The molecule has 0 radical (unpaired) electrons. The summed E-state index contributed by atoms with van der Waals surface area (Å²) in [6.07, 6.45) is 2.09. The van der Waals surface area contributed by atoms with E-state index in [0.29, 0.717) is 0 Å². The Hall–Kier alpha value is -0.580. The number of rotatable bonds is 0. The SMILES string of the molecule is Cc1ccn2c(I)c(C(C)(C)C)nc2c1. The van der Waals surface area contributed by atoms with Gasteiger partial charge in [-0.2, -0.15) is 0 Å². The standard InChI is InChI=1S/C12H15IN2/c1-8-5-6-15-9(7-8)14-10(11(15)13)12(2,3)4/h5-7H,1-4H3. The summed E-state index contributed by atoms with van der Waals surface area (Å²) in [5, 5.41) is 0. The lowest BCUT2D eigenvalue weighted by atomic mass is 9.93. The predicted octanol–water partition coefficient (Wildman–Crippen LogP) is 3.54. The van der Waals surface area contributed by atoms with Crippen LogP contribution in [0.1, 0.15) is 32.0 Å². The number of hydrogen-bond acceptors (Lipinski definition) is 1. The van der Waals surface area contributed by atoms with Crippen LogP contribution >= 0.6 is 22.6 Å². The maximum absolute atomic E-state index is 4.70. The summed E-state index contributed by atoms with van der Waals surface area (Å²) < 4.78 is 3.36. The molecule has 2 aromatic rings. The van der Waals surface area contributed by atoms with Crippen molar-refractivity contribution >= 4 is 28.2 Å². The molecular weight excluding hydrogens is 299 g/mol. The van der Waals surface area contributed by atoms with Crippen molar-refractivity contribution in [3.05, 3.63) is 33.3 Å². The van der Waals surface area contributed by atoms with Crippen molar-refractivity contribution in [2.75, 3.05) is 0 Å². The largest absolute Gasteiger partial charge is 0.295 e. The van der Waals surface area contributed by atoms with Crippen LogP contribution in [0.5, 0.6) is 0 Å². The van der Waals surface area contributed by atoms with Crippen molar-refractivity contribution in [2.45, 2.75) is 33.1 Å². The summed E-state index contributed by atoms with van der Waals surface area (Å²) in [6, 6.07) is 4.24. The zero-order valence-electron chi connectivity index (χ0n) is 9.50. The summed E-state index contributed by atoms with van der Waals surface area (Å²) in [4.78, 5) is 4.70. The van der Waals surface area contributed by atoms with E-state index in [1.54, 1.807) is 0 Å². The second kappa shape index (κ2) is 3.47. The molecule has 3 heteroatoms. The van der Waals surface area contributed by atoms with Gasteiger partial charge in [0.15, 0.2) is 0 Å². The van der Waals surface area contributed by atoms with Crippen LogP contribution < -0.4 is 0 Å². The highest BCUT2D eigenvalue weighted by atomic mass is 127. The predicted molar refractivity (Wildman–Crippen MR) is 71.3 cm³/mol. The highest BCUT2D eigenvalue weighted by Crippen LogP contribution is 2.27. The molecule has 0 aliphatic rings. The smallest absolute Gasteiger partial charge is 0.138 e. The maximum atomic E-state index is 4.70. The van der Waals surface area contributed by atoms with Gasteiger partial charge in [0.25, 0.3) is 0 Å². The van der Waals surface area contributed by atoms with Gasteiger partial charge in [0.1, 0.15) is 9.35 Å². The molecule has 0 fully saturated rings. The molecule has 2 nitrogen and oxygen atoms in total. The molecule has 0 saturated heterocycles. The van der Waals surface area contributed by atoms with E-state index in [9.17, 15) is 0 Å². The molecule has 0 N–H and O–H groups in total. The van der Waals surface area contributed by atoms with E-state index < -0.39 is 0 Å². The molecule has 0 spiro atoms. The molecule has 0 aliphatic heterocycles. The summed E-state index contributed by atoms with van der Waals surface area (Å²) in [5.41, 5.74) is 3.58. The molecule has 0 unspecified atom stereocenters. The normalized spacial score (nSPS) is 12.3. The van der Waals surface area contributed by atoms with Gasteiger partial charge < -0.3 is 0 Å². The average molecular weight is 314 g/mol. The first-order valence-electron chi connectivity index (χ1n) is 5.04. The molecule has 0 saturated carbocycles. The molecule has 80 valence electrons. The monoisotopic (exact) mass is 314 g/mol. The molecular formula is C12H15IN2. The quantitative estimate of drug-likeness (QED) is 0.680. The highest BCUT2D eigenvalue weighted by molar-refractivity contribution is 14.1. The summed E-state index contributed by atoms with van der Waals surface area (Å²) in [5.74, 6) is 0. The van der Waals surface area contributed by atoms with Crippen molar-refractivity contribution in [1.82, 2.24) is 9.38 Å². The third kappa shape index (κ3) is 1.89. The Labute approximate surface area is 104 Å². The van der Waals surface area contributed by atoms with E-state index in [2.05, 4.69) is 73.0 Å². The Balaban J connectivity index is 2.75. The van der Waals surface area contributed by atoms with Gasteiger partial charge in [0.05, 0.1) is 5.69 Å². The average Bonchev–Trinajstić information content (AvgIpc) is 2.42. The van der Waals surface area contributed by atoms with E-state index in [-0.39, 0.29) is 5.41 Å². The van der Waals surface area contributed by atoms with Crippen LogP contribution in [0.15, 0.2) is 18.3 Å². The highest BCUT2D eigenvalue weighted by Gasteiger charge is 2.22. The Bertz CT molecular complexity index is 506. The van der Waals surface area contributed by atoms with Crippen LogP contribution in [0.2, 0.25) is 0 Å². The first-order chi connectivity index (χ1) is 6.89. The first-order valence-corrected chi connectivity index (χ1v) is 6.12. The van der Waals surface area contributed by atoms with Crippen LogP contribution in [0, 0.1) is 10.6 Å². The summed E-state index contributed by atoms with van der Waals surface area (Å²) >= 11 is 2.37. The van der Waals surface area contributed by atoms with Crippen LogP contribution in [0.4, 0.5) is 0 Å². The summed E-state index contributed by atoms with van der Waals surface area (Å²) in [6.45, 7) is 8.69. The first kappa shape index (κ1) is 10.9. The third-order valence-corrected chi connectivity index (χ3v) is 3.46. The van der Waals surface area contributed by atoms with E-state index in [1.807, 2.05) is 0 Å². The van der Waals surface area contributed by atoms with Gasteiger partial charge in [0.2, 0.25) is 0 Å². The number of fused-ring (bicyclic) bond motifs is 1. The van der Waals surface area contributed by atoms with Gasteiger partial charge in [-0.05, 0) is 47.2 Å². The Morgan fingerprint density at radius 3 is 2.60 bits per heavy atom. The molecule has 2 aromatic heterocycles. The number of halogens is 1. The fraction of sp³-hybridized carbons (Fsp3) is 0.417. The fourth-order valence-corrected chi connectivity index (χ4v) is 2.93. The lowest BCUT2D eigenvalue weighted by molar-refractivity contribution is 0.569. The zero-order chi connectivity index (χ0) is 11.2. The van der Waals surface area contributed by atoms with Crippen molar-refractivity contribution in [2.24, 2.45) is 0 Å². The topological polar surface area (TPSA) is 17.3 Å². The van der Waals surface area contributed by atoms with Gasteiger partial charge in [0, 0.05) is 11.6 Å². The van der Waals surface area contributed by atoms with Gasteiger partial charge in [-0.25, -0.2) is 4.98 Å². The molecule has 0 aromatic carbocycles. The minimum absolute atomic E-state index is 0.108. The Morgan fingerprint density at radius 1 is 1.33 bits per heavy atom.